The molecule has 0 bridgehead atoms. The van der Waals surface area contributed by atoms with Crippen molar-refractivity contribution in [2.75, 3.05) is 43.8 Å². The van der Waals surface area contributed by atoms with Crippen LogP contribution in [0.2, 0.25) is 0 Å². The predicted molar refractivity (Wildman–Crippen MR) is 241 cm³/mol. The normalized spacial score (nSPS) is 18.8. The van der Waals surface area contributed by atoms with E-state index in [1.165, 1.54) is 17.3 Å². The molecule has 0 spiro atoms. The van der Waals surface area contributed by atoms with E-state index in [1.807, 2.05) is 58.2 Å². The quantitative estimate of drug-likeness (QED) is 0.149. The molecule has 64 heavy (non-hydrogen) atoms. The number of nitrogen functional groups attached to an aromatic ring is 1. The fourth-order valence-corrected chi connectivity index (χ4v) is 9.64. The molecule has 4 N–H and O–H groups in total. The van der Waals surface area contributed by atoms with Gasteiger partial charge < -0.3 is 20.5 Å². The van der Waals surface area contributed by atoms with E-state index >= 15 is 4.39 Å². The zero-order valence-corrected chi connectivity index (χ0v) is 35.8. The summed E-state index contributed by atoms with van der Waals surface area (Å²) in [5, 5.41) is 11.4. The lowest BCUT2D eigenvalue weighted by atomic mass is 9.89. The smallest absolute Gasteiger partial charge is 0.255 e. The molecule has 1 atom stereocenters. The van der Waals surface area contributed by atoms with Crippen molar-refractivity contribution in [3.05, 3.63) is 125 Å². The Labute approximate surface area is 370 Å². The average molecular weight is 863 g/mol. The van der Waals surface area contributed by atoms with Crippen LogP contribution in [-0.2, 0) is 42.8 Å². The first kappa shape index (κ1) is 41.2. The maximum atomic E-state index is 15.3. The van der Waals surface area contributed by atoms with Crippen molar-refractivity contribution in [2.24, 2.45) is 7.05 Å². The van der Waals surface area contributed by atoms with Gasteiger partial charge in [-0.05, 0) is 116 Å². The number of piperidine rings is 2. The zero-order valence-electron chi connectivity index (χ0n) is 35.8. The molecule has 0 saturated carbocycles. The van der Waals surface area contributed by atoms with Crippen LogP contribution in [0.5, 0.6) is 0 Å². The molecule has 10 rings (SSSR count). The fraction of sp³-hybridized carbons (Fsp3) is 0.354. The molecule has 0 aliphatic carbocycles. The van der Waals surface area contributed by atoms with Crippen LogP contribution in [0.15, 0.2) is 85.3 Å². The summed E-state index contributed by atoms with van der Waals surface area (Å²) in [4.78, 5) is 57.7. The Bertz CT molecular complexity index is 2770. The first-order chi connectivity index (χ1) is 31.1. The number of nitrogens with zero attached hydrogens (tertiary/aromatic N) is 9. The number of halogens is 1. The first-order valence-corrected chi connectivity index (χ1v) is 22.1. The minimum Gasteiger partial charge on any atom is -0.384 e. The standard InChI is InChI=1S/C48H51FN12O3/c1-57-36(24-40-38(10-15-51-46(40)57)32-3-8-44(50)53-25-32)28-59-18-13-31(14-19-59)42-6-2-33(26-52-42)48(64)60-20-21-61-37(29-60)22-35(56-61)27-58-16-11-30(12-17-58)39-5-4-34(23-41(39)49)54-43-7-9-45(62)55-47(43)63/h2-6,8,10,13,15,22-26,30,43,54H,7,9,11-12,14,16-21,27-29H2,1H3,(H2,50,53)(H,55,62,63). The van der Waals surface area contributed by atoms with Crippen molar-refractivity contribution < 1.29 is 18.8 Å². The van der Waals surface area contributed by atoms with E-state index < -0.39 is 6.04 Å². The molecule has 2 saturated heterocycles. The summed E-state index contributed by atoms with van der Waals surface area (Å²) in [5.41, 5.74) is 15.9. The van der Waals surface area contributed by atoms with Gasteiger partial charge in [0.2, 0.25) is 11.8 Å². The molecule has 16 heteroatoms. The molecule has 328 valence electrons. The number of benzene rings is 1. The predicted octanol–water partition coefficient (Wildman–Crippen LogP) is 5.49. The van der Waals surface area contributed by atoms with Crippen LogP contribution in [0.1, 0.15) is 76.7 Å². The minimum absolute atomic E-state index is 0.0359. The van der Waals surface area contributed by atoms with Crippen LogP contribution < -0.4 is 16.4 Å². The van der Waals surface area contributed by atoms with Gasteiger partial charge in [-0.25, -0.2) is 14.4 Å². The second-order valence-corrected chi connectivity index (χ2v) is 17.4. The minimum atomic E-state index is -0.554. The summed E-state index contributed by atoms with van der Waals surface area (Å²) in [5.74, 6) is -0.382. The highest BCUT2D eigenvalue weighted by Gasteiger charge is 2.29. The van der Waals surface area contributed by atoms with Crippen molar-refractivity contribution in [2.45, 2.75) is 70.2 Å². The number of hydrogen-bond donors (Lipinski definition) is 3. The summed E-state index contributed by atoms with van der Waals surface area (Å²) >= 11 is 0. The number of fused-ring (bicyclic) bond motifs is 2. The van der Waals surface area contributed by atoms with Crippen molar-refractivity contribution in [3.8, 4) is 11.1 Å². The molecular weight excluding hydrogens is 812 g/mol. The van der Waals surface area contributed by atoms with Gasteiger partial charge in [0.15, 0.2) is 0 Å². The second-order valence-electron chi connectivity index (χ2n) is 17.4. The van der Waals surface area contributed by atoms with Crippen LogP contribution in [0.4, 0.5) is 15.9 Å². The van der Waals surface area contributed by atoms with Gasteiger partial charge in [0.25, 0.3) is 5.91 Å². The number of rotatable bonds is 10. The largest absolute Gasteiger partial charge is 0.384 e. The number of nitrogens with two attached hydrogens (primary N) is 1. The molecule has 4 aliphatic rings. The van der Waals surface area contributed by atoms with Gasteiger partial charge in [-0.15, -0.1) is 0 Å². The molecule has 6 aromatic rings. The van der Waals surface area contributed by atoms with Crippen LogP contribution >= 0.6 is 0 Å². The lowest BCUT2D eigenvalue weighted by molar-refractivity contribution is -0.133. The number of amides is 3. The van der Waals surface area contributed by atoms with Gasteiger partial charge >= 0.3 is 0 Å². The average Bonchev–Trinajstić information content (AvgIpc) is 3.86. The highest BCUT2D eigenvalue weighted by molar-refractivity contribution is 6.01. The van der Waals surface area contributed by atoms with E-state index in [-0.39, 0.29) is 35.9 Å². The number of pyridine rings is 3. The lowest BCUT2D eigenvalue weighted by Gasteiger charge is -2.32. The number of anilines is 2. The molecule has 2 fully saturated rings. The maximum absolute atomic E-state index is 15.3. The van der Waals surface area contributed by atoms with Crippen LogP contribution in [0.3, 0.4) is 0 Å². The van der Waals surface area contributed by atoms with Crippen LogP contribution in [0.25, 0.3) is 27.7 Å². The van der Waals surface area contributed by atoms with E-state index in [0.29, 0.717) is 55.2 Å². The summed E-state index contributed by atoms with van der Waals surface area (Å²) < 4.78 is 19.5. The topological polar surface area (TPSA) is 172 Å². The molecule has 9 heterocycles. The van der Waals surface area contributed by atoms with E-state index in [2.05, 4.69) is 60.2 Å². The number of aryl methyl sites for hydroxylation is 1. The highest BCUT2D eigenvalue weighted by Crippen LogP contribution is 2.33. The van der Waals surface area contributed by atoms with Crippen molar-refractivity contribution in [1.82, 2.24) is 49.3 Å². The molecule has 3 amide bonds. The Kier molecular flexibility index (Phi) is 11.2. The number of imide groups is 1. The first-order valence-electron chi connectivity index (χ1n) is 22.1. The molecule has 0 radical (unpaired) electrons. The Morgan fingerprint density at radius 1 is 0.891 bits per heavy atom. The lowest BCUT2D eigenvalue weighted by Crippen LogP contribution is -2.47. The number of carbonyl (C=O) groups is 3. The van der Waals surface area contributed by atoms with E-state index in [1.54, 1.807) is 12.4 Å². The molecule has 5 aromatic heterocycles. The fourth-order valence-electron chi connectivity index (χ4n) is 9.64. The van der Waals surface area contributed by atoms with E-state index in [4.69, 9.17) is 15.8 Å². The third kappa shape index (κ3) is 8.50. The molecule has 4 aliphatic heterocycles. The number of nitrogens with one attached hydrogen (secondary N) is 2. The number of hydrogen-bond acceptors (Lipinski definition) is 11. The maximum Gasteiger partial charge on any atom is 0.255 e. The zero-order chi connectivity index (χ0) is 43.9. The Morgan fingerprint density at radius 2 is 1.77 bits per heavy atom. The van der Waals surface area contributed by atoms with Crippen LogP contribution in [0, 0.1) is 5.82 Å². The van der Waals surface area contributed by atoms with Crippen molar-refractivity contribution in [3.63, 3.8) is 0 Å². The van der Waals surface area contributed by atoms with Gasteiger partial charge in [0.1, 0.15) is 23.3 Å². The second kappa shape index (κ2) is 17.4. The van der Waals surface area contributed by atoms with E-state index in [0.717, 1.165) is 91.2 Å². The number of aromatic nitrogens is 6. The van der Waals surface area contributed by atoms with Gasteiger partial charge in [-0.1, -0.05) is 12.1 Å². The Hall–Kier alpha value is -6.78. The van der Waals surface area contributed by atoms with Gasteiger partial charge in [-0.2, -0.15) is 5.10 Å². The Morgan fingerprint density at radius 3 is 2.52 bits per heavy atom. The summed E-state index contributed by atoms with van der Waals surface area (Å²) in [7, 11) is 2.07. The SMILES string of the molecule is Cn1c(CN2CC=C(c3ccc(C(=O)N4CCn5nc(CN6CCC(c7ccc(NC8CCC(=O)NC8=O)cc7F)CC6)cc5C4)cn3)CC2)cc2c(-c3ccc(N)nc3)ccnc21. The molecule has 15 nitrogen and oxygen atoms in total. The molecule has 1 unspecified atom stereocenters. The molecule has 1 aromatic carbocycles. The van der Waals surface area contributed by atoms with E-state index in [9.17, 15) is 14.4 Å². The van der Waals surface area contributed by atoms with Crippen molar-refractivity contribution in [1.29, 1.82) is 0 Å². The van der Waals surface area contributed by atoms with Gasteiger partial charge in [0, 0.05) is 87.1 Å². The number of likely N-dealkylation sites (tertiary alicyclic amines) is 1. The summed E-state index contributed by atoms with van der Waals surface area (Å²) in [6.07, 6.45) is 10.8. The summed E-state index contributed by atoms with van der Waals surface area (Å²) in [6.45, 7) is 6.50. The highest BCUT2D eigenvalue weighted by atomic mass is 19.1. The van der Waals surface area contributed by atoms with Gasteiger partial charge in [0.05, 0.1) is 35.7 Å². The molecular formula is C48H51FN12O3. The van der Waals surface area contributed by atoms with Crippen LogP contribution in [-0.4, -0.2) is 100 Å². The third-order valence-electron chi connectivity index (χ3n) is 13.3. The Balaban J connectivity index is 0.703. The van der Waals surface area contributed by atoms with Crippen molar-refractivity contribution >= 4 is 45.8 Å². The number of carbonyl (C=O) groups excluding carboxylic acids is 3. The third-order valence-corrected chi connectivity index (χ3v) is 13.3. The van der Waals surface area contributed by atoms with Gasteiger partial charge in [-0.3, -0.25) is 39.2 Å². The monoisotopic (exact) mass is 862 g/mol. The summed E-state index contributed by atoms with van der Waals surface area (Å²) in [6, 6.07) is 18.6.